The van der Waals surface area contributed by atoms with Gasteiger partial charge in [-0.05, 0) is 25.2 Å². The molecule has 0 aromatic carbocycles. The molecule has 3 N–H and O–H groups in total. The van der Waals surface area contributed by atoms with Crippen LogP contribution >= 0.6 is 0 Å². The summed E-state index contributed by atoms with van der Waals surface area (Å²) in [6, 6.07) is 0. The van der Waals surface area contributed by atoms with Crippen LogP contribution in [0.15, 0.2) is 6.33 Å². The van der Waals surface area contributed by atoms with Gasteiger partial charge < -0.3 is 10.2 Å². The van der Waals surface area contributed by atoms with E-state index < -0.39 is 4.92 Å². The molecule has 0 amide bonds. The number of hydrazine groups is 1. The van der Waals surface area contributed by atoms with Crippen LogP contribution in [0.5, 0.6) is 5.88 Å². The Kier molecular flexibility index (Phi) is 4.10. The lowest BCUT2D eigenvalue weighted by atomic mass is 9.88. The maximum atomic E-state index is 11.1. The van der Waals surface area contributed by atoms with E-state index in [0.717, 1.165) is 19.3 Å². The predicted octanol–water partition coefficient (Wildman–Crippen LogP) is 1.63. The molecule has 0 radical (unpaired) electrons. The van der Waals surface area contributed by atoms with Crippen molar-refractivity contribution in [2.45, 2.75) is 38.7 Å². The van der Waals surface area contributed by atoms with Crippen molar-refractivity contribution in [1.82, 2.24) is 9.97 Å². The van der Waals surface area contributed by atoms with Gasteiger partial charge in [-0.1, -0.05) is 13.3 Å². The molecule has 1 heterocycles. The number of hydrogen-bond donors (Lipinski definition) is 2. The molecule has 1 aliphatic rings. The monoisotopic (exact) mass is 267 g/mol. The van der Waals surface area contributed by atoms with E-state index in [1.54, 1.807) is 0 Å². The number of nitrogens with one attached hydrogen (secondary N) is 1. The number of rotatable bonds is 4. The summed E-state index contributed by atoms with van der Waals surface area (Å²) in [6.07, 6.45) is 5.33. The molecule has 1 aliphatic carbocycles. The van der Waals surface area contributed by atoms with Crippen molar-refractivity contribution >= 4 is 11.5 Å². The third-order valence-corrected chi connectivity index (χ3v) is 3.40. The molecule has 8 heteroatoms. The third-order valence-electron chi connectivity index (χ3n) is 3.40. The Morgan fingerprint density at radius 3 is 2.84 bits per heavy atom. The first-order valence-electron chi connectivity index (χ1n) is 6.26. The van der Waals surface area contributed by atoms with E-state index in [-0.39, 0.29) is 23.5 Å². The quantitative estimate of drug-likeness (QED) is 0.483. The maximum absolute atomic E-state index is 11.1. The Bertz CT molecular complexity index is 468. The maximum Gasteiger partial charge on any atom is 0.374 e. The smallest absolute Gasteiger partial charge is 0.374 e. The van der Waals surface area contributed by atoms with Crippen molar-refractivity contribution in [3.05, 3.63) is 16.4 Å². The minimum Gasteiger partial charge on any atom is -0.469 e. The van der Waals surface area contributed by atoms with Crippen LogP contribution in [0.25, 0.3) is 0 Å². The number of nitrogen functional groups attached to an aromatic ring is 1. The molecule has 1 saturated carbocycles. The zero-order chi connectivity index (χ0) is 13.8. The van der Waals surface area contributed by atoms with Gasteiger partial charge in [0.2, 0.25) is 5.82 Å². The fourth-order valence-corrected chi connectivity index (χ4v) is 2.32. The SMILES string of the molecule is CC1CCCCC1Oc1ncnc(NN)c1[N+](=O)[O-]. The molecule has 1 aromatic heterocycles. The molecule has 2 unspecified atom stereocenters. The normalized spacial score (nSPS) is 22.8. The van der Waals surface area contributed by atoms with E-state index >= 15 is 0 Å². The topological polar surface area (TPSA) is 116 Å². The van der Waals surface area contributed by atoms with Crippen molar-refractivity contribution in [2.75, 3.05) is 5.43 Å². The molecule has 0 bridgehead atoms. The first kappa shape index (κ1) is 13.5. The summed E-state index contributed by atoms with van der Waals surface area (Å²) < 4.78 is 5.71. The van der Waals surface area contributed by atoms with Crippen LogP contribution in [0.2, 0.25) is 0 Å². The summed E-state index contributed by atoms with van der Waals surface area (Å²) in [6.45, 7) is 2.08. The lowest BCUT2D eigenvalue weighted by Gasteiger charge is -2.28. The molecule has 0 aliphatic heterocycles. The fourth-order valence-electron chi connectivity index (χ4n) is 2.32. The highest BCUT2D eigenvalue weighted by Crippen LogP contribution is 2.34. The minimum atomic E-state index is -0.585. The molecular weight excluding hydrogens is 250 g/mol. The highest BCUT2D eigenvalue weighted by molar-refractivity contribution is 5.60. The number of aromatic nitrogens is 2. The summed E-state index contributed by atoms with van der Waals surface area (Å²) in [7, 11) is 0. The van der Waals surface area contributed by atoms with Crippen molar-refractivity contribution in [2.24, 2.45) is 11.8 Å². The molecular formula is C11H17N5O3. The van der Waals surface area contributed by atoms with Crippen molar-refractivity contribution in [3.8, 4) is 5.88 Å². The van der Waals surface area contributed by atoms with Crippen LogP contribution in [-0.2, 0) is 0 Å². The predicted molar refractivity (Wildman–Crippen MR) is 68.5 cm³/mol. The zero-order valence-corrected chi connectivity index (χ0v) is 10.7. The largest absolute Gasteiger partial charge is 0.469 e. The molecule has 0 spiro atoms. The minimum absolute atomic E-state index is 0.0216. The van der Waals surface area contributed by atoms with E-state index in [4.69, 9.17) is 10.6 Å². The summed E-state index contributed by atoms with van der Waals surface area (Å²) in [5, 5.41) is 11.1. The van der Waals surface area contributed by atoms with Gasteiger partial charge in [-0.15, -0.1) is 0 Å². The van der Waals surface area contributed by atoms with Crippen molar-refractivity contribution in [1.29, 1.82) is 0 Å². The van der Waals surface area contributed by atoms with E-state index in [0.29, 0.717) is 5.92 Å². The lowest BCUT2D eigenvalue weighted by molar-refractivity contribution is -0.385. The second-order valence-corrected chi connectivity index (χ2v) is 4.70. The molecule has 0 saturated heterocycles. The fraction of sp³-hybridized carbons (Fsp3) is 0.636. The average molecular weight is 267 g/mol. The summed E-state index contributed by atoms with van der Waals surface area (Å²) >= 11 is 0. The number of anilines is 1. The highest BCUT2D eigenvalue weighted by Gasteiger charge is 2.29. The number of nitro groups is 1. The van der Waals surface area contributed by atoms with Gasteiger partial charge in [0.1, 0.15) is 12.4 Å². The van der Waals surface area contributed by atoms with Crippen LogP contribution < -0.4 is 16.0 Å². The van der Waals surface area contributed by atoms with Gasteiger partial charge in [0, 0.05) is 0 Å². The van der Waals surface area contributed by atoms with Gasteiger partial charge in [0.15, 0.2) is 0 Å². The highest BCUT2D eigenvalue weighted by atomic mass is 16.6. The van der Waals surface area contributed by atoms with Crippen LogP contribution in [0.4, 0.5) is 11.5 Å². The van der Waals surface area contributed by atoms with E-state index in [9.17, 15) is 10.1 Å². The van der Waals surface area contributed by atoms with Crippen molar-refractivity contribution < 1.29 is 9.66 Å². The summed E-state index contributed by atoms with van der Waals surface area (Å²) in [5.74, 6) is 5.51. The van der Waals surface area contributed by atoms with E-state index in [1.165, 1.54) is 12.7 Å². The molecule has 1 aromatic rings. The molecule has 2 atom stereocenters. The number of ether oxygens (including phenoxy) is 1. The van der Waals surface area contributed by atoms with Gasteiger partial charge >= 0.3 is 5.69 Å². The van der Waals surface area contributed by atoms with Crippen LogP contribution in [0.3, 0.4) is 0 Å². The second kappa shape index (κ2) is 5.79. The molecule has 1 fully saturated rings. The standard InChI is InChI=1S/C11H17N5O3/c1-7-4-2-3-5-8(7)19-11-9(16(17)18)10(15-12)13-6-14-11/h6-8H,2-5,12H2,1H3,(H,13,14,15). The Labute approximate surface area is 110 Å². The molecule has 104 valence electrons. The second-order valence-electron chi connectivity index (χ2n) is 4.70. The zero-order valence-electron chi connectivity index (χ0n) is 10.7. The molecule has 19 heavy (non-hydrogen) atoms. The van der Waals surface area contributed by atoms with Gasteiger partial charge in [0.05, 0.1) is 4.92 Å². The van der Waals surface area contributed by atoms with Gasteiger partial charge in [0.25, 0.3) is 5.88 Å². The average Bonchev–Trinajstić information content (AvgIpc) is 2.40. The molecule has 2 rings (SSSR count). The molecule has 8 nitrogen and oxygen atoms in total. The van der Waals surface area contributed by atoms with Crippen LogP contribution in [0.1, 0.15) is 32.6 Å². The van der Waals surface area contributed by atoms with Gasteiger partial charge in [-0.2, -0.15) is 4.98 Å². The Balaban J connectivity index is 2.26. The van der Waals surface area contributed by atoms with Crippen molar-refractivity contribution in [3.63, 3.8) is 0 Å². The van der Waals surface area contributed by atoms with Crippen LogP contribution in [0, 0.1) is 16.0 Å². The lowest BCUT2D eigenvalue weighted by Crippen LogP contribution is -2.29. The van der Waals surface area contributed by atoms with Gasteiger partial charge in [-0.3, -0.25) is 10.1 Å². The third kappa shape index (κ3) is 2.90. The Hall–Kier alpha value is -1.96. The number of nitrogens with two attached hydrogens (primary N) is 1. The first-order chi connectivity index (χ1) is 9.13. The number of nitrogens with zero attached hydrogens (tertiary/aromatic N) is 3. The summed E-state index contributed by atoms with van der Waals surface area (Å²) in [4.78, 5) is 18.1. The van der Waals surface area contributed by atoms with Gasteiger partial charge in [-0.25, -0.2) is 10.8 Å². The summed E-state index contributed by atoms with van der Waals surface area (Å²) in [5.41, 5.74) is 1.88. The number of hydrogen-bond acceptors (Lipinski definition) is 7. The first-order valence-corrected chi connectivity index (χ1v) is 6.26. The van der Waals surface area contributed by atoms with E-state index in [2.05, 4.69) is 22.3 Å². The Morgan fingerprint density at radius 1 is 1.47 bits per heavy atom. The Morgan fingerprint density at radius 2 is 2.21 bits per heavy atom. The van der Waals surface area contributed by atoms with E-state index in [1.807, 2.05) is 0 Å². The van der Waals surface area contributed by atoms with Crippen LogP contribution in [-0.4, -0.2) is 21.0 Å².